The fourth-order valence-corrected chi connectivity index (χ4v) is 1.92. The Hall–Kier alpha value is -1.57. The van der Waals surface area contributed by atoms with Crippen LogP contribution in [0.1, 0.15) is 11.1 Å². The summed E-state index contributed by atoms with van der Waals surface area (Å²) in [4.78, 5) is 4.34. The molecule has 0 amide bonds. The highest BCUT2D eigenvalue weighted by Gasteiger charge is 2.07. The van der Waals surface area contributed by atoms with Gasteiger partial charge in [0.1, 0.15) is 0 Å². The summed E-state index contributed by atoms with van der Waals surface area (Å²) in [7, 11) is 0. The maximum atomic E-state index is 4.34. The highest BCUT2D eigenvalue weighted by molar-refractivity contribution is 5.91. The van der Waals surface area contributed by atoms with Crippen LogP contribution in [-0.2, 0) is 6.42 Å². The lowest BCUT2D eigenvalue weighted by atomic mass is 10.1. The number of hydrogen-bond donors (Lipinski definition) is 0. The van der Waals surface area contributed by atoms with Crippen LogP contribution >= 0.6 is 0 Å². The zero-order valence-corrected chi connectivity index (χ0v) is 7.27. The fraction of sp³-hybridized carbons (Fsp3) is 0.182. The van der Waals surface area contributed by atoms with E-state index in [1.807, 2.05) is 6.21 Å². The molecule has 0 aromatic carbocycles. The van der Waals surface area contributed by atoms with Gasteiger partial charge < -0.3 is 4.40 Å². The average molecular weight is 170 g/mol. The van der Waals surface area contributed by atoms with Gasteiger partial charge in [0.05, 0.1) is 5.52 Å². The highest BCUT2D eigenvalue weighted by atomic mass is 14.9. The summed E-state index contributed by atoms with van der Waals surface area (Å²) in [5, 5.41) is 0. The average Bonchev–Trinajstić information content (AvgIpc) is 2.44. The van der Waals surface area contributed by atoms with Crippen LogP contribution in [0, 0.1) is 0 Å². The number of nitrogens with zero attached hydrogens (tertiary/aromatic N) is 2. The number of aromatic nitrogens is 1. The zero-order valence-electron chi connectivity index (χ0n) is 7.27. The Kier molecular flexibility index (Phi) is 1.30. The molecule has 64 valence electrons. The maximum Gasteiger partial charge on any atom is 0.0570 e. The summed E-state index contributed by atoms with van der Waals surface area (Å²) < 4.78 is 2.17. The molecule has 0 radical (unpaired) electrons. The zero-order chi connectivity index (χ0) is 8.67. The first-order chi connectivity index (χ1) is 6.45. The lowest BCUT2D eigenvalue weighted by molar-refractivity contribution is 0.989. The van der Waals surface area contributed by atoms with Crippen LogP contribution < -0.4 is 0 Å². The van der Waals surface area contributed by atoms with Crippen LogP contribution in [0.15, 0.2) is 35.6 Å². The van der Waals surface area contributed by atoms with Crippen LogP contribution in [0.2, 0.25) is 0 Å². The van der Waals surface area contributed by atoms with Crippen LogP contribution in [-0.4, -0.2) is 17.2 Å². The Bertz CT molecular complexity index is 480. The molecule has 2 aromatic rings. The molecule has 0 aliphatic carbocycles. The summed E-state index contributed by atoms with van der Waals surface area (Å²) >= 11 is 0. The molecule has 0 saturated heterocycles. The number of rotatable bonds is 0. The smallest absolute Gasteiger partial charge is 0.0570 e. The van der Waals surface area contributed by atoms with Crippen molar-refractivity contribution in [3.05, 3.63) is 41.7 Å². The first kappa shape index (κ1) is 6.89. The van der Waals surface area contributed by atoms with Gasteiger partial charge in [0, 0.05) is 30.7 Å². The van der Waals surface area contributed by atoms with Gasteiger partial charge in [-0.05, 0) is 30.2 Å². The van der Waals surface area contributed by atoms with E-state index in [9.17, 15) is 0 Å². The molecule has 0 N–H and O–H groups in total. The van der Waals surface area contributed by atoms with E-state index in [4.69, 9.17) is 0 Å². The molecular formula is C11H10N2. The lowest BCUT2D eigenvalue weighted by Gasteiger charge is -1.99. The van der Waals surface area contributed by atoms with Crippen LogP contribution in [0.5, 0.6) is 0 Å². The normalized spacial score (nSPS) is 14.8. The highest BCUT2D eigenvalue weighted by Crippen LogP contribution is 2.18. The second-order valence-corrected chi connectivity index (χ2v) is 3.35. The van der Waals surface area contributed by atoms with Crippen molar-refractivity contribution < 1.29 is 0 Å². The van der Waals surface area contributed by atoms with E-state index < -0.39 is 0 Å². The third-order valence-electron chi connectivity index (χ3n) is 2.54. The molecule has 1 aliphatic heterocycles. The van der Waals surface area contributed by atoms with Crippen molar-refractivity contribution in [2.45, 2.75) is 6.42 Å². The van der Waals surface area contributed by atoms with Crippen molar-refractivity contribution >= 4 is 11.7 Å². The Labute approximate surface area is 76.5 Å². The van der Waals surface area contributed by atoms with Gasteiger partial charge in [-0.15, -0.1) is 0 Å². The van der Waals surface area contributed by atoms with Gasteiger partial charge in [0.25, 0.3) is 0 Å². The first-order valence-corrected chi connectivity index (χ1v) is 4.53. The van der Waals surface area contributed by atoms with Crippen LogP contribution in [0.4, 0.5) is 0 Å². The Morgan fingerprint density at radius 2 is 2.23 bits per heavy atom. The maximum absolute atomic E-state index is 4.34. The summed E-state index contributed by atoms with van der Waals surface area (Å²) in [6.07, 6.45) is 7.24. The summed E-state index contributed by atoms with van der Waals surface area (Å²) in [5.74, 6) is 0. The minimum absolute atomic E-state index is 0.911. The van der Waals surface area contributed by atoms with Crippen molar-refractivity contribution in [2.24, 2.45) is 4.99 Å². The van der Waals surface area contributed by atoms with Gasteiger partial charge in [-0.3, -0.25) is 4.99 Å². The molecule has 1 aliphatic rings. The molecular weight excluding hydrogens is 160 g/mol. The fourth-order valence-electron chi connectivity index (χ4n) is 1.92. The predicted octanol–water partition coefficient (Wildman–Crippen LogP) is 1.91. The third-order valence-corrected chi connectivity index (χ3v) is 2.54. The van der Waals surface area contributed by atoms with Crippen molar-refractivity contribution in [2.75, 3.05) is 6.54 Å². The van der Waals surface area contributed by atoms with Gasteiger partial charge in [-0.25, -0.2) is 0 Å². The Morgan fingerprint density at radius 1 is 1.23 bits per heavy atom. The van der Waals surface area contributed by atoms with E-state index in [0.29, 0.717) is 0 Å². The number of aliphatic imine (C=N–C) groups is 1. The number of hydrogen-bond acceptors (Lipinski definition) is 1. The Morgan fingerprint density at radius 3 is 3.23 bits per heavy atom. The van der Waals surface area contributed by atoms with Crippen molar-refractivity contribution in [3.63, 3.8) is 0 Å². The SMILES string of the molecule is C1=NCCc2ccn3cccc1c23. The molecule has 3 rings (SSSR count). The molecule has 2 nitrogen and oxygen atoms in total. The minimum Gasteiger partial charge on any atom is -0.323 e. The lowest BCUT2D eigenvalue weighted by Crippen LogP contribution is -1.89. The van der Waals surface area contributed by atoms with E-state index >= 15 is 0 Å². The second-order valence-electron chi connectivity index (χ2n) is 3.35. The summed E-state index contributed by atoms with van der Waals surface area (Å²) in [6.45, 7) is 0.911. The molecule has 3 heterocycles. The molecule has 0 atom stereocenters. The van der Waals surface area contributed by atoms with Gasteiger partial charge in [-0.2, -0.15) is 0 Å². The van der Waals surface area contributed by atoms with E-state index in [1.165, 1.54) is 16.6 Å². The molecule has 13 heavy (non-hydrogen) atoms. The predicted molar refractivity (Wildman–Crippen MR) is 53.6 cm³/mol. The molecule has 2 heteroatoms. The number of pyridine rings is 1. The van der Waals surface area contributed by atoms with E-state index in [1.54, 1.807) is 0 Å². The largest absolute Gasteiger partial charge is 0.323 e. The third kappa shape index (κ3) is 0.917. The summed E-state index contributed by atoms with van der Waals surface area (Å²) in [5.41, 5.74) is 3.97. The van der Waals surface area contributed by atoms with Crippen LogP contribution in [0.3, 0.4) is 0 Å². The standard InChI is InChI=1S/C11H10N2/c1-2-10-8-12-5-3-9-4-7-13(6-1)11(9)10/h1-2,4,6-8H,3,5H2. The van der Waals surface area contributed by atoms with Crippen molar-refractivity contribution in [1.29, 1.82) is 0 Å². The monoisotopic (exact) mass is 170 g/mol. The van der Waals surface area contributed by atoms with Gasteiger partial charge in [-0.1, -0.05) is 0 Å². The second kappa shape index (κ2) is 2.46. The van der Waals surface area contributed by atoms with Crippen molar-refractivity contribution in [3.8, 4) is 0 Å². The van der Waals surface area contributed by atoms with Gasteiger partial charge in [0.2, 0.25) is 0 Å². The van der Waals surface area contributed by atoms with Crippen LogP contribution in [0.25, 0.3) is 5.52 Å². The topological polar surface area (TPSA) is 16.8 Å². The first-order valence-electron chi connectivity index (χ1n) is 4.53. The van der Waals surface area contributed by atoms with Gasteiger partial charge >= 0.3 is 0 Å². The van der Waals surface area contributed by atoms with E-state index in [2.05, 4.69) is 40.0 Å². The van der Waals surface area contributed by atoms with Crippen molar-refractivity contribution in [1.82, 2.24) is 4.40 Å². The van der Waals surface area contributed by atoms with E-state index in [0.717, 1.165) is 13.0 Å². The molecule has 0 saturated carbocycles. The quantitative estimate of drug-likeness (QED) is 0.574. The molecule has 0 bridgehead atoms. The molecule has 2 aromatic heterocycles. The summed E-state index contributed by atoms with van der Waals surface area (Å²) in [6, 6.07) is 6.37. The van der Waals surface area contributed by atoms with Gasteiger partial charge in [0.15, 0.2) is 0 Å². The van der Waals surface area contributed by atoms with E-state index in [-0.39, 0.29) is 0 Å². The molecule has 0 fully saturated rings. The Balaban J connectivity index is 2.48. The molecule has 0 unspecified atom stereocenters. The minimum atomic E-state index is 0.911. The molecule has 0 spiro atoms.